The molecule has 1 heterocycles. The lowest BCUT2D eigenvalue weighted by Gasteiger charge is -2.34. The molecule has 3 fully saturated rings. The van der Waals surface area contributed by atoms with Gasteiger partial charge in [0.25, 0.3) is 0 Å². The molecule has 0 unspecified atom stereocenters. The van der Waals surface area contributed by atoms with Crippen LogP contribution in [0, 0.1) is 0 Å². The van der Waals surface area contributed by atoms with Crippen LogP contribution in [0.2, 0.25) is 0 Å². The van der Waals surface area contributed by atoms with Gasteiger partial charge in [0.05, 0.1) is 0 Å². The molecule has 2 aliphatic carbocycles. The number of hydrogen-bond acceptors (Lipinski definition) is 2. The Labute approximate surface area is 82.8 Å². The summed E-state index contributed by atoms with van der Waals surface area (Å²) in [5.41, 5.74) is 0. The zero-order chi connectivity index (χ0) is 9.71. The average Bonchev–Trinajstić information content (AvgIpc) is 3.03. The average molecular weight is 194 g/mol. The van der Waals surface area contributed by atoms with Crippen molar-refractivity contribution in [3.63, 3.8) is 0 Å². The van der Waals surface area contributed by atoms with Crippen LogP contribution in [0.3, 0.4) is 0 Å². The van der Waals surface area contributed by atoms with Crippen molar-refractivity contribution >= 4 is 11.8 Å². The Morgan fingerprint density at radius 1 is 0.786 bits per heavy atom. The molecule has 76 valence electrons. The SMILES string of the molecule is O=C1CN(C2CC2)C(=O)CN1C1CC1. The standard InChI is InChI=1S/C10H14N2O2/c13-9-6-12(8-3-4-8)10(14)5-11(9)7-1-2-7/h7-8H,1-6H2. The van der Waals surface area contributed by atoms with E-state index in [9.17, 15) is 9.59 Å². The van der Waals surface area contributed by atoms with E-state index in [-0.39, 0.29) is 11.8 Å². The van der Waals surface area contributed by atoms with Gasteiger partial charge in [-0.25, -0.2) is 0 Å². The molecule has 1 saturated heterocycles. The summed E-state index contributed by atoms with van der Waals surface area (Å²) < 4.78 is 0. The lowest BCUT2D eigenvalue weighted by Crippen LogP contribution is -2.55. The van der Waals surface area contributed by atoms with Gasteiger partial charge >= 0.3 is 0 Å². The fourth-order valence-electron chi connectivity index (χ4n) is 2.09. The third-order valence-corrected chi connectivity index (χ3v) is 3.23. The molecule has 4 heteroatoms. The van der Waals surface area contributed by atoms with Crippen LogP contribution in [-0.2, 0) is 9.59 Å². The van der Waals surface area contributed by atoms with E-state index in [4.69, 9.17) is 0 Å². The first-order chi connectivity index (χ1) is 6.75. The Hall–Kier alpha value is -1.06. The number of rotatable bonds is 2. The molecule has 0 atom stereocenters. The molecular formula is C10H14N2O2. The van der Waals surface area contributed by atoms with Gasteiger partial charge < -0.3 is 9.80 Å². The monoisotopic (exact) mass is 194 g/mol. The summed E-state index contributed by atoms with van der Waals surface area (Å²) in [6, 6.07) is 0.764. The van der Waals surface area contributed by atoms with Crippen molar-refractivity contribution < 1.29 is 9.59 Å². The number of amides is 2. The molecule has 0 bridgehead atoms. The first-order valence-corrected chi connectivity index (χ1v) is 5.34. The van der Waals surface area contributed by atoms with Crippen LogP contribution in [-0.4, -0.2) is 46.8 Å². The van der Waals surface area contributed by atoms with Crippen LogP contribution in [0.1, 0.15) is 25.7 Å². The van der Waals surface area contributed by atoms with Crippen molar-refractivity contribution in [1.82, 2.24) is 9.80 Å². The van der Waals surface area contributed by atoms with Crippen LogP contribution in [0.25, 0.3) is 0 Å². The van der Waals surface area contributed by atoms with Crippen LogP contribution < -0.4 is 0 Å². The Morgan fingerprint density at radius 2 is 1.14 bits per heavy atom. The van der Waals surface area contributed by atoms with E-state index in [2.05, 4.69) is 0 Å². The minimum atomic E-state index is 0.152. The van der Waals surface area contributed by atoms with Gasteiger partial charge in [0.1, 0.15) is 13.1 Å². The fourth-order valence-corrected chi connectivity index (χ4v) is 2.09. The predicted molar refractivity (Wildman–Crippen MR) is 49.5 cm³/mol. The van der Waals surface area contributed by atoms with Gasteiger partial charge in [0, 0.05) is 12.1 Å². The van der Waals surface area contributed by atoms with Crippen molar-refractivity contribution in [3.05, 3.63) is 0 Å². The van der Waals surface area contributed by atoms with Crippen LogP contribution >= 0.6 is 0 Å². The molecule has 1 aliphatic heterocycles. The number of hydrogen-bond donors (Lipinski definition) is 0. The zero-order valence-corrected chi connectivity index (χ0v) is 8.11. The molecule has 2 saturated carbocycles. The molecule has 2 amide bonds. The Balaban J connectivity index is 1.71. The first-order valence-electron chi connectivity index (χ1n) is 5.34. The van der Waals surface area contributed by atoms with Gasteiger partial charge in [-0.05, 0) is 25.7 Å². The smallest absolute Gasteiger partial charge is 0.242 e. The molecule has 0 N–H and O–H groups in total. The van der Waals surface area contributed by atoms with E-state index in [1.54, 1.807) is 9.80 Å². The third-order valence-electron chi connectivity index (χ3n) is 3.23. The second-order valence-corrected chi connectivity index (χ2v) is 4.51. The molecule has 3 rings (SSSR count). The second kappa shape index (κ2) is 2.72. The Kier molecular flexibility index (Phi) is 1.60. The summed E-state index contributed by atoms with van der Waals surface area (Å²) >= 11 is 0. The minimum absolute atomic E-state index is 0.152. The molecule has 14 heavy (non-hydrogen) atoms. The topological polar surface area (TPSA) is 40.6 Å². The molecular weight excluding hydrogens is 180 g/mol. The van der Waals surface area contributed by atoms with E-state index in [1.807, 2.05) is 0 Å². The van der Waals surface area contributed by atoms with E-state index in [0.717, 1.165) is 25.7 Å². The Bertz CT molecular complexity index is 264. The fraction of sp³-hybridized carbons (Fsp3) is 0.800. The van der Waals surface area contributed by atoms with E-state index in [0.29, 0.717) is 25.2 Å². The lowest BCUT2D eigenvalue weighted by atomic mass is 10.3. The molecule has 0 aromatic carbocycles. The third kappa shape index (κ3) is 1.29. The maximum absolute atomic E-state index is 11.7. The lowest BCUT2D eigenvalue weighted by molar-refractivity contribution is -0.151. The highest BCUT2D eigenvalue weighted by molar-refractivity contribution is 5.93. The summed E-state index contributed by atoms with van der Waals surface area (Å²) in [4.78, 5) is 26.9. The first kappa shape index (κ1) is 8.26. The highest BCUT2D eigenvalue weighted by atomic mass is 16.2. The molecule has 4 nitrogen and oxygen atoms in total. The number of nitrogens with zero attached hydrogens (tertiary/aromatic N) is 2. The number of carbonyl (C=O) groups excluding carboxylic acids is 2. The van der Waals surface area contributed by atoms with E-state index < -0.39 is 0 Å². The van der Waals surface area contributed by atoms with Gasteiger partial charge in [0.15, 0.2) is 0 Å². The zero-order valence-electron chi connectivity index (χ0n) is 8.11. The minimum Gasteiger partial charge on any atom is -0.329 e. The molecule has 3 aliphatic rings. The Morgan fingerprint density at radius 3 is 1.43 bits per heavy atom. The predicted octanol–water partition coefficient (Wildman–Crippen LogP) is -0.0180. The normalized spacial score (nSPS) is 28.6. The van der Waals surface area contributed by atoms with Crippen molar-refractivity contribution in [2.75, 3.05) is 13.1 Å². The molecule has 0 radical (unpaired) electrons. The van der Waals surface area contributed by atoms with Crippen LogP contribution in [0.15, 0.2) is 0 Å². The summed E-state index contributed by atoms with van der Waals surface area (Å²) in [6.07, 6.45) is 4.34. The molecule has 0 aromatic heterocycles. The number of piperazine rings is 1. The van der Waals surface area contributed by atoms with Crippen molar-refractivity contribution in [2.24, 2.45) is 0 Å². The van der Waals surface area contributed by atoms with Crippen molar-refractivity contribution in [1.29, 1.82) is 0 Å². The molecule has 0 aromatic rings. The quantitative estimate of drug-likeness (QED) is 0.620. The highest BCUT2D eigenvalue weighted by Gasteiger charge is 2.43. The van der Waals surface area contributed by atoms with E-state index >= 15 is 0 Å². The van der Waals surface area contributed by atoms with Gasteiger partial charge in [-0.3, -0.25) is 9.59 Å². The van der Waals surface area contributed by atoms with Gasteiger partial charge in [-0.2, -0.15) is 0 Å². The maximum Gasteiger partial charge on any atom is 0.242 e. The largest absolute Gasteiger partial charge is 0.329 e. The summed E-state index contributed by atoms with van der Waals surface area (Å²) in [7, 11) is 0. The second-order valence-electron chi connectivity index (χ2n) is 4.51. The van der Waals surface area contributed by atoms with Crippen LogP contribution in [0.4, 0.5) is 0 Å². The summed E-state index contributed by atoms with van der Waals surface area (Å²) in [5.74, 6) is 0.304. The highest BCUT2D eigenvalue weighted by Crippen LogP contribution is 2.32. The van der Waals surface area contributed by atoms with Gasteiger partial charge in [0.2, 0.25) is 11.8 Å². The van der Waals surface area contributed by atoms with Crippen molar-refractivity contribution in [3.8, 4) is 0 Å². The van der Waals surface area contributed by atoms with E-state index in [1.165, 1.54) is 0 Å². The van der Waals surface area contributed by atoms with Crippen LogP contribution in [0.5, 0.6) is 0 Å². The van der Waals surface area contributed by atoms with Crippen molar-refractivity contribution in [2.45, 2.75) is 37.8 Å². The molecule has 0 spiro atoms. The summed E-state index contributed by atoms with van der Waals surface area (Å²) in [6.45, 7) is 0.667. The van der Waals surface area contributed by atoms with Gasteiger partial charge in [-0.15, -0.1) is 0 Å². The maximum atomic E-state index is 11.7. The van der Waals surface area contributed by atoms with Gasteiger partial charge in [-0.1, -0.05) is 0 Å². The summed E-state index contributed by atoms with van der Waals surface area (Å²) in [5, 5.41) is 0. The number of carbonyl (C=O) groups is 2.